The third-order valence-electron chi connectivity index (χ3n) is 1.48. The number of hydrogen-bond acceptors (Lipinski definition) is 1. The normalized spacial score (nSPS) is 12.7. The summed E-state index contributed by atoms with van der Waals surface area (Å²) in [5.74, 6) is -1.28. The van der Waals surface area contributed by atoms with Gasteiger partial charge in [-0.25, -0.2) is 0 Å². The molecule has 0 saturated carbocycles. The average molecular weight is 309 g/mol. The van der Waals surface area contributed by atoms with Gasteiger partial charge in [-0.05, 0) is 12.1 Å². The van der Waals surface area contributed by atoms with Gasteiger partial charge in [0.25, 0.3) is 0 Å². The molecule has 8 heteroatoms. The van der Waals surface area contributed by atoms with Crippen LogP contribution in [-0.2, 0) is 6.18 Å². The summed E-state index contributed by atoms with van der Waals surface area (Å²) in [7, 11) is 0. The van der Waals surface area contributed by atoms with Crippen LogP contribution in [0.1, 0.15) is 5.56 Å². The highest BCUT2D eigenvalue weighted by Gasteiger charge is 2.40. The van der Waals surface area contributed by atoms with Crippen molar-refractivity contribution in [2.75, 3.05) is 0 Å². The van der Waals surface area contributed by atoms with Crippen LogP contribution in [0.4, 0.5) is 26.3 Å². The van der Waals surface area contributed by atoms with Crippen molar-refractivity contribution in [1.82, 2.24) is 0 Å². The van der Waals surface area contributed by atoms with Gasteiger partial charge in [0.2, 0.25) is 0 Å². The lowest BCUT2D eigenvalue weighted by molar-refractivity contribution is -0.276. The van der Waals surface area contributed by atoms with E-state index in [1.165, 1.54) is 0 Å². The van der Waals surface area contributed by atoms with Gasteiger partial charge in [-0.15, -0.1) is 13.2 Å². The molecule has 1 rings (SSSR count). The van der Waals surface area contributed by atoms with Gasteiger partial charge in [-0.2, -0.15) is 13.2 Å². The van der Waals surface area contributed by atoms with Crippen molar-refractivity contribution in [3.05, 3.63) is 28.2 Å². The van der Waals surface area contributed by atoms with E-state index in [-0.39, 0.29) is 0 Å². The second kappa shape index (κ2) is 4.15. The monoisotopic (exact) mass is 308 g/mol. The van der Waals surface area contributed by atoms with Crippen LogP contribution in [0.25, 0.3) is 0 Å². The molecule has 1 aromatic rings. The van der Waals surface area contributed by atoms with Gasteiger partial charge >= 0.3 is 12.5 Å². The minimum absolute atomic E-state index is 0.512. The maximum atomic E-state index is 12.4. The van der Waals surface area contributed by atoms with Gasteiger partial charge in [0.1, 0.15) is 11.3 Å². The minimum atomic E-state index is -5.17. The van der Waals surface area contributed by atoms with Gasteiger partial charge in [0.05, 0.1) is 0 Å². The number of ether oxygens (including phenoxy) is 1. The van der Waals surface area contributed by atoms with Crippen molar-refractivity contribution in [2.24, 2.45) is 0 Å². The largest absolute Gasteiger partial charge is 0.573 e. The first-order chi connectivity index (χ1) is 7.11. The molecule has 0 fully saturated rings. The van der Waals surface area contributed by atoms with Crippen LogP contribution >= 0.6 is 15.9 Å². The summed E-state index contributed by atoms with van der Waals surface area (Å²) in [5.41, 5.74) is -1.49. The van der Waals surface area contributed by atoms with Gasteiger partial charge in [-0.3, -0.25) is 0 Å². The topological polar surface area (TPSA) is 9.23 Å². The zero-order chi connectivity index (χ0) is 12.6. The quantitative estimate of drug-likeness (QED) is 0.700. The number of benzene rings is 1. The molecule has 1 nitrogen and oxygen atoms in total. The summed E-state index contributed by atoms with van der Waals surface area (Å²) >= 11 is 2.52. The van der Waals surface area contributed by atoms with E-state index in [9.17, 15) is 26.3 Å². The smallest absolute Gasteiger partial charge is 0.405 e. The molecule has 0 bridgehead atoms. The van der Waals surface area contributed by atoms with Crippen molar-refractivity contribution in [3.63, 3.8) is 0 Å². The summed E-state index contributed by atoms with van der Waals surface area (Å²) in [5, 5.41) is 0. The molecule has 0 aliphatic heterocycles. The van der Waals surface area contributed by atoms with Crippen molar-refractivity contribution < 1.29 is 31.1 Å². The van der Waals surface area contributed by atoms with E-state index in [4.69, 9.17) is 0 Å². The molecular formula is C8H3BrF6O. The van der Waals surface area contributed by atoms with Crippen LogP contribution in [0, 0.1) is 0 Å². The van der Waals surface area contributed by atoms with Crippen LogP contribution in [0.2, 0.25) is 0 Å². The lowest BCUT2D eigenvalue weighted by Gasteiger charge is -2.16. The molecule has 0 N–H and O–H groups in total. The van der Waals surface area contributed by atoms with Crippen molar-refractivity contribution in [2.45, 2.75) is 12.5 Å². The number of halogens is 7. The fourth-order valence-electron chi connectivity index (χ4n) is 0.989. The predicted molar refractivity (Wildman–Crippen MR) is 45.8 cm³/mol. The Hall–Kier alpha value is -0.920. The SMILES string of the molecule is FC(F)(F)Oc1cccc(Br)c1C(F)(F)F. The zero-order valence-electron chi connectivity index (χ0n) is 7.29. The second-order valence-corrected chi connectivity index (χ2v) is 3.51. The highest BCUT2D eigenvalue weighted by Crippen LogP contribution is 2.42. The minimum Gasteiger partial charge on any atom is -0.405 e. The van der Waals surface area contributed by atoms with E-state index in [1.54, 1.807) is 0 Å². The first-order valence-electron chi connectivity index (χ1n) is 3.73. The van der Waals surface area contributed by atoms with Gasteiger partial charge in [0, 0.05) is 4.47 Å². The maximum absolute atomic E-state index is 12.4. The standard InChI is InChI=1S/C8H3BrF6O/c9-4-2-1-3-5(16-8(13,14)15)6(4)7(10,11)12/h1-3H. The van der Waals surface area contributed by atoms with Crippen molar-refractivity contribution in [1.29, 1.82) is 0 Å². The van der Waals surface area contributed by atoms with E-state index in [0.29, 0.717) is 6.07 Å². The molecule has 0 aromatic heterocycles. The van der Waals surface area contributed by atoms with Gasteiger partial charge in [0.15, 0.2) is 0 Å². The van der Waals surface area contributed by atoms with Crippen LogP contribution in [-0.4, -0.2) is 6.36 Å². The van der Waals surface area contributed by atoms with E-state index in [2.05, 4.69) is 20.7 Å². The van der Waals surface area contributed by atoms with Crippen LogP contribution in [0.15, 0.2) is 22.7 Å². The summed E-state index contributed by atoms with van der Waals surface area (Å²) in [6.45, 7) is 0. The Morgan fingerprint density at radius 3 is 2.00 bits per heavy atom. The molecule has 0 atom stereocenters. The molecule has 16 heavy (non-hydrogen) atoms. The number of rotatable bonds is 1. The van der Waals surface area contributed by atoms with E-state index >= 15 is 0 Å². The molecule has 0 saturated heterocycles. The fraction of sp³-hybridized carbons (Fsp3) is 0.250. The van der Waals surface area contributed by atoms with Crippen molar-refractivity contribution in [3.8, 4) is 5.75 Å². The van der Waals surface area contributed by atoms with Crippen LogP contribution in [0.3, 0.4) is 0 Å². The first kappa shape index (κ1) is 13.1. The van der Waals surface area contributed by atoms with Gasteiger partial charge < -0.3 is 4.74 Å². The van der Waals surface area contributed by atoms with E-state index in [1.807, 2.05) is 0 Å². The molecular weight excluding hydrogens is 306 g/mol. The van der Waals surface area contributed by atoms with E-state index < -0.39 is 28.3 Å². The lowest BCUT2D eigenvalue weighted by atomic mass is 10.2. The fourth-order valence-corrected chi connectivity index (χ4v) is 1.56. The predicted octanol–water partition coefficient (Wildman–Crippen LogP) is 4.37. The summed E-state index contributed by atoms with van der Waals surface area (Å²) in [4.78, 5) is 0. The Morgan fingerprint density at radius 2 is 1.56 bits per heavy atom. The van der Waals surface area contributed by atoms with Crippen LogP contribution < -0.4 is 4.74 Å². The molecule has 0 unspecified atom stereocenters. The van der Waals surface area contributed by atoms with E-state index in [0.717, 1.165) is 12.1 Å². The maximum Gasteiger partial charge on any atom is 0.573 e. The average Bonchev–Trinajstić information content (AvgIpc) is 1.97. The first-order valence-corrected chi connectivity index (χ1v) is 4.52. The van der Waals surface area contributed by atoms with Crippen molar-refractivity contribution >= 4 is 15.9 Å². The Labute approximate surface area is 94.1 Å². The Kier molecular flexibility index (Phi) is 3.41. The second-order valence-electron chi connectivity index (χ2n) is 2.66. The molecule has 0 aliphatic rings. The molecule has 0 radical (unpaired) electrons. The molecule has 0 aliphatic carbocycles. The summed E-state index contributed by atoms with van der Waals surface area (Å²) in [6.07, 6.45) is -10.1. The molecule has 0 amide bonds. The highest BCUT2D eigenvalue weighted by atomic mass is 79.9. The Morgan fingerprint density at radius 1 is 1.00 bits per heavy atom. The molecule has 90 valence electrons. The Bertz CT molecular complexity index is 383. The van der Waals surface area contributed by atoms with Gasteiger partial charge in [-0.1, -0.05) is 22.0 Å². The highest BCUT2D eigenvalue weighted by molar-refractivity contribution is 9.10. The molecule has 0 heterocycles. The lowest BCUT2D eigenvalue weighted by Crippen LogP contribution is -2.20. The number of alkyl halides is 6. The Balaban J connectivity index is 3.24. The zero-order valence-corrected chi connectivity index (χ0v) is 8.87. The van der Waals surface area contributed by atoms with Crippen LogP contribution in [0.5, 0.6) is 5.75 Å². The summed E-state index contributed by atoms with van der Waals surface area (Å²) < 4.78 is 75.5. The molecule has 1 aromatic carbocycles. The molecule has 0 spiro atoms. The third-order valence-corrected chi connectivity index (χ3v) is 2.15. The summed E-state index contributed by atoms with van der Waals surface area (Å²) in [6, 6.07) is 2.59. The third kappa shape index (κ3) is 3.29. The number of hydrogen-bond donors (Lipinski definition) is 0.